The van der Waals surface area contributed by atoms with Gasteiger partial charge in [-0.2, -0.15) is 5.10 Å². The topological polar surface area (TPSA) is 123 Å². The van der Waals surface area contributed by atoms with Crippen LogP contribution in [0.1, 0.15) is 22.8 Å². The summed E-state index contributed by atoms with van der Waals surface area (Å²) in [6.07, 6.45) is 1.36. The van der Waals surface area contributed by atoms with Crippen molar-refractivity contribution in [3.8, 4) is 11.5 Å². The number of hydrogen-bond acceptors (Lipinski definition) is 7. The molecule has 0 aliphatic heterocycles. The average molecular weight is 359 g/mol. The molecule has 0 aromatic heterocycles. The summed E-state index contributed by atoms with van der Waals surface area (Å²) < 4.78 is 10.5. The summed E-state index contributed by atoms with van der Waals surface area (Å²) >= 11 is 0. The standard InChI is InChI=1S/C17H17N3O6/c1-3-26-16-14(20(23)24)7-11(8-15(16)25-2)10-18-19-13-6-4-5-12(9-13)17(21)22/h4-10,19H,3H2,1-2H3,(H,21,22)/b18-10+. The summed E-state index contributed by atoms with van der Waals surface area (Å²) in [6, 6.07) is 8.96. The maximum atomic E-state index is 11.3. The fourth-order valence-electron chi connectivity index (χ4n) is 2.16. The molecule has 0 amide bonds. The van der Waals surface area contributed by atoms with E-state index in [2.05, 4.69) is 10.5 Å². The van der Waals surface area contributed by atoms with Crippen molar-refractivity contribution in [3.63, 3.8) is 0 Å². The summed E-state index contributed by atoms with van der Waals surface area (Å²) in [5.41, 5.74) is 3.44. The van der Waals surface area contributed by atoms with Crippen molar-refractivity contribution < 1.29 is 24.3 Å². The molecule has 9 heteroatoms. The monoisotopic (exact) mass is 359 g/mol. The Hall–Kier alpha value is -3.62. The Morgan fingerprint density at radius 2 is 2.15 bits per heavy atom. The summed E-state index contributed by atoms with van der Waals surface area (Å²) in [7, 11) is 1.39. The summed E-state index contributed by atoms with van der Waals surface area (Å²) in [5.74, 6) is -0.779. The Kier molecular flexibility index (Phi) is 6.10. The summed E-state index contributed by atoms with van der Waals surface area (Å²) in [4.78, 5) is 21.7. The highest BCUT2D eigenvalue weighted by Gasteiger charge is 2.21. The van der Waals surface area contributed by atoms with Crippen molar-refractivity contribution in [3.05, 3.63) is 57.6 Å². The van der Waals surface area contributed by atoms with Crippen molar-refractivity contribution in [2.24, 2.45) is 5.10 Å². The fourth-order valence-corrected chi connectivity index (χ4v) is 2.16. The Balaban J connectivity index is 2.27. The molecule has 0 atom stereocenters. The molecule has 0 unspecified atom stereocenters. The number of nitrogens with one attached hydrogen (secondary N) is 1. The summed E-state index contributed by atoms with van der Waals surface area (Å²) in [5, 5.41) is 24.2. The van der Waals surface area contributed by atoms with Gasteiger partial charge in [0, 0.05) is 11.6 Å². The maximum absolute atomic E-state index is 11.3. The zero-order valence-electron chi connectivity index (χ0n) is 14.1. The van der Waals surface area contributed by atoms with Crippen LogP contribution in [0.5, 0.6) is 11.5 Å². The van der Waals surface area contributed by atoms with Crippen LogP contribution in [0.15, 0.2) is 41.5 Å². The third kappa shape index (κ3) is 4.47. The smallest absolute Gasteiger partial charge is 0.335 e. The number of nitro benzene ring substituents is 1. The number of nitro groups is 1. The molecule has 2 aromatic rings. The summed E-state index contributed by atoms with van der Waals surface area (Å²) in [6.45, 7) is 1.97. The number of carbonyl (C=O) groups is 1. The van der Waals surface area contributed by atoms with Gasteiger partial charge in [-0.3, -0.25) is 15.5 Å². The molecule has 0 heterocycles. The van der Waals surface area contributed by atoms with E-state index in [0.717, 1.165) is 0 Å². The molecule has 2 aromatic carbocycles. The first-order valence-corrected chi connectivity index (χ1v) is 7.58. The van der Waals surface area contributed by atoms with E-state index in [4.69, 9.17) is 14.6 Å². The molecular formula is C17H17N3O6. The van der Waals surface area contributed by atoms with E-state index >= 15 is 0 Å². The minimum absolute atomic E-state index is 0.0549. The van der Waals surface area contributed by atoms with E-state index < -0.39 is 10.9 Å². The molecule has 2 rings (SSSR count). The number of hydrazone groups is 1. The van der Waals surface area contributed by atoms with Gasteiger partial charge in [-0.1, -0.05) is 6.07 Å². The molecule has 0 saturated carbocycles. The predicted molar refractivity (Wildman–Crippen MR) is 95.4 cm³/mol. The van der Waals surface area contributed by atoms with Crippen LogP contribution in [0, 0.1) is 10.1 Å². The molecule has 0 saturated heterocycles. The van der Waals surface area contributed by atoms with Gasteiger partial charge in [0.05, 0.1) is 36.1 Å². The van der Waals surface area contributed by atoms with Gasteiger partial charge in [0.1, 0.15) is 0 Å². The first kappa shape index (κ1) is 18.7. The third-order valence-corrected chi connectivity index (χ3v) is 3.28. The number of carboxylic acids is 1. The molecule has 0 fully saturated rings. The lowest BCUT2D eigenvalue weighted by molar-refractivity contribution is -0.385. The minimum atomic E-state index is -1.05. The fraction of sp³-hybridized carbons (Fsp3) is 0.176. The molecule has 2 N–H and O–H groups in total. The minimum Gasteiger partial charge on any atom is -0.493 e. The number of anilines is 1. The Morgan fingerprint density at radius 3 is 2.77 bits per heavy atom. The molecule has 0 aliphatic rings. The first-order valence-electron chi connectivity index (χ1n) is 7.58. The quantitative estimate of drug-likeness (QED) is 0.421. The number of aromatic carboxylic acids is 1. The number of methoxy groups -OCH3 is 1. The van der Waals surface area contributed by atoms with Crippen molar-refractivity contribution in [1.29, 1.82) is 0 Å². The van der Waals surface area contributed by atoms with Crippen LogP contribution in [0.2, 0.25) is 0 Å². The van der Waals surface area contributed by atoms with Crippen molar-refractivity contribution in [2.75, 3.05) is 19.1 Å². The van der Waals surface area contributed by atoms with Crippen LogP contribution in [0.3, 0.4) is 0 Å². The molecule has 0 bridgehead atoms. The molecule has 9 nitrogen and oxygen atoms in total. The van der Waals surface area contributed by atoms with Crippen LogP contribution in [0.4, 0.5) is 11.4 Å². The second-order valence-corrected chi connectivity index (χ2v) is 5.02. The second kappa shape index (κ2) is 8.47. The van der Waals surface area contributed by atoms with Crippen LogP contribution < -0.4 is 14.9 Å². The Bertz CT molecular complexity index is 850. The van der Waals surface area contributed by atoms with E-state index in [0.29, 0.717) is 11.3 Å². The van der Waals surface area contributed by atoms with Gasteiger partial charge in [0.15, 0.2) is 5.75 Å². The van der Waals surface area contributed by atoms with Gasteiger partial charge in [-0.25, -0.2) is 4.79 Å². The predicted octanol–water partition coefficient (Wildman–Crippen LogP) is 3.15. The third-order valence-electron chi connectivity index (χ3n) is 3.28. The number of carboxylic acid groups (broad SMARTS) is 1. The van der Waals surface area contributed by atoms with E-state index in [1.807, 2.05) is 0 Å². The van der Waals surface area contributed by atoms with Gasteiger partial charge in [-0.15, -0.1) is 0 Å². The molecule has 0 spiro atoms. The lowest BCUT2D eigenvalue weighted by Crippen LogP contribution is -2.02. The number of ether oxygens (including phenoxy) is 2. The van der Waals surface area contributed by atoms with Gasteiger partial charge in [0.2, 0.25) is 5.75 Å². The van der Waals surface area contributed by atoms with Crippen LogP contribution in [-0.4, -0.2) is 35.9 Å². The number of hydrogen-bond donors (Lipinski definition) is 2. The molecule has 26 heavy (non-hydrogen) atoms. The van der Waals surface area contributed by atoms with Gasteiger partial charge >= 0.3 is 11.7 Å². The van der Waals surface area contributed by atoms with Crippen molar-refractivity contribution >= 4 is 23.6 Å². The number of benzene rings is 2. The van der Waals surface area contributed by atoms with Gasteiger partial charge < -0.3 is 14.6 Å². The van der Waals surface area contributed by atoms with Crippen molar-refractivity contribution in [2.45, 2.75) is 6.92 Å². The molecule has 0 aliphatic carbocycles. The number of nitrogens with zero attached hydrogens (tertiary/aromatic N) is 2. The van der Waals surface area contributed by atoms with E-state index in [1.54, 1.807) is 25.1 Å². The normalized spacial score (nSPS) is 10.5. The van der Waals surface area contributed by atoms with Gasteiger partial charge in [-0.05, 0) is 31.2 Å². The van der Waals surface area contributed by atoms with Crippen LogP contribution in [0.25, 0.3) is 0 Å². The Labute approximate surface area is 149 Å². The van der Waals surface area contributed by atoms with E-state index in [1.165, 1.54) is 31.5 Å². The maximum Gasteiger partial charge on any atom is 0.335 e. The molecule has 0 radical (unpaired) electrons. The second-order valence-electron chi connectivity index (χ2n) is 5.02. The zero-order valence-corrected chi connectivity index (χ0v) is 14.1. The first-order chi connectivity index (χ1) is 12.5. The molecule has 136 valence electrons. The van der Waals surface area contributed by atoms with Crippen molar-refractivity contribution in [1.82, 2.24) is 0 Å². The Morgan fingerprint density at radius 1 is 1.38 bits per heavy atom. The van der Waals surface area contributed by atoms with E-state index in [-0.39, 0.29) is 29.4 Å². The highest BCUT2D eigenvalue weighted by molar-refractivity contribution is 5.89. The number of rotatable bonds is 8. The molecular weight excluding hydrogens is 342 g/mol. The largest absolute Gasteiger partial charge is 0.493 e. The lowest BCUT2D eigenvalue weighted by atomic mass is 10.2. The lowest BCUT2D eigenvalue weighted by Gasteiger charge is -2.10. The SMILES string of the molecule is CCOc1c(OC)cc(/C=N/Nc2cccc(C(=O)O)c2)cc1[N+](=O)[O-]. The van der Waals surface area contributed by atoms with Crippen LogP contribution >= 0.6 is 0 Å². The highest BCUT2D eigenvalue weighted by Crippen LogP contribution is 2.37. The van der Waals surface area contributed by atoms with Crippen LogP contribution in [-0.2, 0) is 0 Å². The van der Waals surface area contributed by atoms with Gasteiger partial charge in [0.25, 0.3) is 0 Å². The average Bonchev–Trinajstić information content (AvgIpc) is 2.62. The zero-order chi connectivity index (χ0) is 19.1. The van der Waals surface area contributed by atoms with E-state index in [9.17, 15) is 14.9 Å². The highest BCUT2D eigenvalue weighted by atomic mass is 16.6.